The maximum absolute atomic E-state index is 15.9. The molecular weight excluding hydrogens is 560 g/mol. The molecule has 4 rings (SSSR count). The molecule has 224 valence electrons. The average Bonchev–Trinajstić information content (AvgIpc) is 3.39. The molecule has 0 bridgehead atoms. The molecule has 13 nitrogen and oxygen atoms in total. The average molecular weight is 596 g/mol. The predicted molar refractivity (Wildman–Crippen MR) is 145 cm³/mol. The van der Waals surface area contributed by atoms with Gasteiger partial charge in [-0.1, -0.05) is 18.2 Å². The number of ether oxygens (including phenoxy) is 2. The van der Waals surface area contributed by atoms with Crippen LogP contribution in [0.1, 0.15) is 52.2 Å². The van der Waals surface area contributed by atoms with Crippen LogP contribution >= 0.6 is 7.75 Å². The predicted octanol–water partition coefficient (Wildman–Crippen LogP) is 3.03. The molecule has 1 fully saturated rings. The van der Waals surface area contributed by atoms with Gasteiger partial charge < -0.3 is 24.1 Å². The second kappa shape index (κ2) is 11.6. The monoisotopic (exact) mass is 595 g/mol. The van der Waals surface area contributed by atoms with Crippen LogP contribution in [0.25, 0.3) is 5.65 Å². The molecule has 1 aromatic carbocycles. The number of imidazole rings is 1. The highest BCUT2D eigenvalue weighted by Gasteiger charge is 2.56. The number of aromatic amines is 1. The number of esters is 1. The molecule has 1 aliphatic heterocycles. The first-order valence-electron chi connectivity index (χ1n) is 13.0. The van der Waals surface area contributed by atoms with Gasteiger partial charge in [-0.2, -0.15) is 5.10 Å². The normalized spacial score (nSPS) is 25.1. The van der Waals surface area contributed by atoms with Gasteiger partial charge in [0.05, 0.1) is 23.9 Å². The molecule has 0 amide bonds. The van der Waals surface area contributed by atoms with Crippen molar-refractivity contribution in [3.63, 3.8) is 0 Å². The van der Waals surface area contributed by atoms with Crippen LogP contribution in [0.15, 0.2) is 41.3 Å². The lowest BCUT2D eigenvalue weighted by molar-refractivity contribution is -0.153. The van der Waals surface area contributed by atoms with Crippen LogP contribution in [0.4, 0.5) is 4.39 Å². The van der Waals surface area contributed by atoms with Crippen molar-refractivity contribution in [2.45, 2.75) is 71.6 Å². The minimum atomic E-state index is -4.18. The Bertz CT molecular complexity index is 1490. The highest BCUT2D eigenvalue weighted by molar-refractivity contribution is 7.52. The number of hydrogen-bond donors (Lipinski definition) is 3. The van der Waals surface area contributed by atoms with E-state index in [-0.39, 0.29) is 29.5 Å². The van der Waals surface area contributed by atoms with E-state index in [1.165, 1.54) is 6.20 Å². The van der Waals surface area contributed by atoms with Crippen LogP contribution in [0.5, 0.6) is 5.75 Å². The maximum atomic E-state index is 15.9. The zero-order valence-electron chi connectivity index (χ0n) is 23.7. The van der Waals surface area contributed by atoms with Crippen molar-refractivity contribution in [1.29, 1.82) is 0 Å². The van der Waals surface area contributed by atoms with Gasteiger partial charge in [-0.3, -0.25) is 14.1 Å². The van der Waals surface area contributed by atoms with E-state index in [1.807, 2.05) is 0 Å². The molecule has 41 heavy (non-hydrogen) atoms. The Kier molecular flexibility index (Phi) is 8.72. The topological polar surface area (TPSA) is 166 Å². The fourth-order valence-corrected chi connectivity index (χ4v) is 5.73. The van der Waals surface area contributed by atoms with Gasteiger partial charge in [0.15, 0.2) is 5.67 Å². The van der Waals surface area contributed by atoms with E-state index < -0.39 is 61.3 Å². The number of nitrogens with zero attached hydrogens (tertiary/aromatic N) is 3. The Morgan fingerprint density at radius 2 is 2.02 bits per heavy atom. The Morgan fingerprint density at radius 1 is 1.34 bits per heavy atom. The molecule has 1 unspecified atom stereocenters. The van der Waals surface area contributed by atoms with Crippen molar-refractivity contribution in [2.24, 2.45) is 5.41 Å². The van der Waals surface area contributed by atoms with E-state index in [2.05, 4.69) is 20.2 Å². The Morgan fingerprint density at radius 3 is 2.68 bits per heavy atom. The summed E-state index contributed by atoms with van der Waals surface area (Å²) in [5.41, 5.74) is -3.56. The first-order valence-corrected chi connectivity index (χ1v) is 14.6. The second-order valence-electron chi connectivity index (χ2n) is 11.2. The van der Waals surface area contributed by atoms with Gasteiger partial charge in [0, 0.05) is 6.04 Å². The second-order valence-corrected chi connectivity index (χ2v) is 12.9. The molecule has 0 radical (unpaired) electrons. The number of H-pyrrole nitrogens is 1. The molecule has 0 saturated carbocycles. The van der Waals surface area contributed by atoms with Crippen molar-refractivity contribution in [3.8, 4) is 5.75 Å². The first-order chi connectivity index (χ1) is 19.1. The van der Waals surface area contributed by atoms with E-state index in [1.54, 1.807) is 65.0 Å². The number of hydrogen-bond acceptors (Lipinski definition) is 10. The van der Waals surface area contributed by atoms with Gasteiger partial charge >= 0.3 is 13.7 Å². The zero-order chi connectivity index (χ0) is 30.2. The number of aromatic nitrogens is 4. The molecule has 1 saturated heterocycles. The molecule has 3 aromatic rings. The molecule has 3 N–H and O–H groups in total. The van der Waals surface area contributed by atoms with Gasteiger partial charge in [-0.15, -0.1) is 0 Å². The molecule has 15 heteroatoms. The van der Waals surface area contributed by atoms with Gasteiger partial charge in [0.1, 0.15) is 36.5 Å². The van der Waals surface area contributed by atoms with Gasteiger partial charge in [0.25, 0.3) is 5.56 Å². The summed E-state index contributed by atoms with van der Waals surface area (Å²) >= 11 is 0. The van der Waals surface area contributed by atoms with Crippen LogP contribution < -0.4 is 15.2 Å². The first kappa shape index (κ1) is 30.8. The summed E-state index contributed by atoms with van der Waals surface area (Å²) in [6, 6.07) is 7.56. The molecule has 0 aliphatic carbocycles. The highest BCUT2D eigenvalue weighted by atomic mass is 31.2. The third-order valence-corrected chi connectivity index (χ3v) is 8.06. The number of carbonyl (C=O) groups excluding carboxylic acids is 1. The number of alkyl halides is 1. The van der Waals surface area contributed by atoms with Crippen LogP contribution in [0, 0.1) is 12.3 Å². The Labute approximate surface area is 236 Å². The molecule has 6 atom stereocenters. The quantitative estimate of drug-likeness (QED) is 0.233. The zero-order valence-corrected chi connectivity index (χ0v) is 24.6. The van der Waals surface area contributed by atoms with E-state index in [0.29, 0.717) is 0 Å². The molecular formula is C26H35FN5O8P. The van der Waals surface area contributed by atoms with E-state index in [4.69, 9.17) is 18.5 Å². The number of aliphatic hydroxyl groups is 1. The number of fused-ring (bicyclic) bond motifs is 1. The number of benzene rings is 1. The molecule has 2 aromatic heterocycles. The Balaban J connectivity index is 1.52. The van der Waals surface area contributed by atoms with Crippen LogP contribution in [0.2, 0.25) is 0 Å². The standard InChI is InChI=1S/C26H35FN5O8P/c1-15(13-37-24(35)25(3,4)5)31-41(36,40-17-10-8-7-9-11-17)38-14-19-20(33)26(6,27)21(39-19)18-12-28-22-23(34)29-16(2)30-32(18)22/h7-12,15,19-21,33H,13-14H2,1-6H3,(H,31,36)(H,29,30,34)/t15-,19+,20+,21-,26+,41?/m0/s1. The maximum Gasteiger partial charge on any atom is 0.459 e. The summed E-state index contributed by atoms with van der Waals surface area (Å²) in [6.45, 7) is 8.79. The van der Waals surface area contributed by atoms with Crippen molar-refractivity contribution < 1.29 is 37.4 Å². The summed E-state index contributed by atoms with van der Waals surface area (Å²) in [4.78, 5) is 31.0. The summed E-state index contributed by atoms with van der Waals surface area (Å²) in [5, 5.41) is 17.8. The van der Waals surface area contributed by atoms with Crippen molar-refractivity contribution >= 4 is 19.4 Å². The number of nitrogens with one attached hydrogen (secondary N) is 2. The molecule has 3 heterocycles. The van der Waals surface area contributed by atoms with Crippen molar-refractivity contribution in [2.75, 3.05) is 13.2 Å². The summed E-state index contributed by atoms with van der Waals surface area (Å²) in [5.74, 6) is 0.0505. The van der Waals surface area contributed by atoms with Crippen molar-refractivity contribution in [1.82, 2.24) is 24.7 Å². The number of aryl methyl sites for hydroxylation is 1. The number of aliphatic hydroxyl groups excluding tert-OH is 1. The number of rotatable bonds is 10. The largest absolute Gasteiger partial charge is 0.464 e. The number of halogens is 1. The van der Waals surface area contributed by atoms with Gasteiger partial charge in [0.2, 0.25) is 5.65 Å². The summed E-state index contributed by atoms with van der Waals surface area (Å²) in [6.07, 6.45) is -3.13. The fraction of sp³-hybridized carbons (Fsp3) is 0.538. The minimum absolute atomic E-state index is 0.0645. The van der Waals surface area contributed by atoms with Gasteiger partial charge in [-0.25, -0.2) is 23.5 Å². The lowest BCUT2D eigenvalue weighted by Gasteiger charge is -2.26. The number of carbonyl (C=O) groups is 1. The highest BCUT2D eigenvalue weighted by Crippen LogP contribution is 2.48. The summed E-state index contributed by atoms with van der Waals surface area (Å²) in [7, 11) is -4.18. The smallest absolute Gasteiger partial charge is 0.459 e. The van der Waals surface area contributed by atoms with Crippen molar-refractivity contribution in [3.05, 3.63) is 58.4 Å². The van der Waals surface area contributed by atoms with E-state index >= 15 is 4.39 Å². The Hall–Kier alpha value is -3.16. The lowest BCUT2D eigenvalue weighted by Crippen LogP contribution is -2.40. The fourth-order valence-electron chi connectivity index (χ4n) is 4.19. The van der Waals surface area contributed by atoms with E-state index in [0.717, 1.165) is 11.4 Å². The third kappa shape index (κ3) is 6.84. The lowest BCUT2D eigenvalue weighted by atomic mass is 9.93. The third-order valence-electron chi connectivity index (χ3n) is 6.37. The minimum Gasteiger partial charge on any atom is -0.464 e. The molecule has 1 aliphatic rings. The van der Waals surface area contributed by atoms with Crippen LogP contribution in [-0.4, -0.2) is 67.8 Å². The van der Waals surface area contributed by atoms with Crippen LogP contribution in [-0.2, 0) is 23.4 Å². The SMILES string of the molecule is Cc1nn2c([C@@H]3O[C@H](COP(=O)(N[C@@H](C)COC(=O)C(C)(C)C)Oc4ccccc4)[C@@H](O)[C@@]3(C)F)cnc2c(=O)[nH]1. The molecule has 0 spiro atoms. The number of para-hydroxylation sites is 1. The van der Waals surface area contributed by atoms with Crippen LogP contribution in [0.3, 0.4) is 0 Å². The van der Waals surface area contributed by atoms with Gasteiger partial charge in [-0.05, 0) is 53.7 Å². The summed E-state index contributed by atoms with van der Waals surface area (Å²) < 4.78 is 53.4. The van der Waals surface area contributed by atoms with E-state index in [9.17, 15) is 19.3 Å².